The van der Waals surface area contributed by atoms with Gasteiger partial charge in [0.2, 0.25) is 11.8 Å². The van der Waals surface area contributed by atoms with E-state index in [1.54, 1.807) is 7.11 Å². The summed E-state index contributed by atoms with van der Waals surface area (Å²) in [7, 11) is 1.65. The van der Waals surface area contributed by atoms with E-state index in [0.29, 0.717) is 19.4 Å². The fourth-order valence-electron chi connectivity index (χ4n) is 2.85. The summed E-state index contributed by atoms with van der Waals surface area (Å²) in [5.74, 6) is 0.735. The van der Waals surface area contributed by atoms with E-state index in [-0.39, 0.29) is 23.3 Å². The number of rotatable bonds is 5. The van der Waals surface area contributed by atoms with Crippen LogP contribution in [0, 0.1) is 0 Å². The van der Waals surface area contributed by atoms with Gasteiger partial charge in [-0.05, 0) is 37.0 Å². The highest BCUT2D eigenvalue weighted by Crippen LogP contribution is 2.47. The number of carbonyl (C=O) groups is 2. The molecule has 3 rings (SSSR count). The van der Waals surface area contributed by atoms with Crippen molar-refractivity contribution in [2.75, 3.05) is 13.7 Å². The van der Waals surface area contributed by atoms with E-state index in [2.05, 4.69) is 22.8 Å². The Morgan fingerprint density at radius 1 is 1.38 bits per heavy atom. The van der Waals surface area contributed by atoms with Crippen molar-refractivity contribution in [2.24, 2.45) is 0 Å². The van der Waals surface area contributed by atoms with Crippen molar-refractivity contribution in [2.45, 2.75) is 37.1 Å². The fourth-order valence-corrected chi connectivity index (χ4v) is 2.85. The zero-order valence-corrected chi connectivity index (χ0v) is 12.1. The molecule has 5 nitrogen and oxygen atoms in total. The zero-order chi connectivity index (χ0) is 14.9. The van der Waals surface area contributed by atoms with Crippen LogP contribution in [0.1, 0.15) is 31.2 Å². The van der Waals surface area contributed by atoms with E-state index < -0.39 is 0 Å². The molecule has 2 fully saturated rings. The molecule has 2 amide bonds. The number of benzene rings is 1. The summed E-state index contributed by atoms with van der Waals surface area (Å²) in [5.41, 5.74) is 1.30. The third-order valence-electron chi connectivity index (χ3n) is 4.47. The molecule has 21 heavy (non-hydrogen) atoms. The first-order chi connectivity index (χ1) is 10.1. The molecule has 1 heterocycles. The summed E-state index contributed by atoms with van der Waals surface area (Å²) in [6, 6.07) is 7.68. The molecule has 1 aromatic rings. The van der Waals surface area contributed by atoms with Crippen LogP contribution in [0.25, 0.3) is 0 Å². The maximum atomic E-state index is 12.1. The van der Waals surface area contributed by atoms with Crippen LogP contribution in [0.5, 0.6) is 5.75 Å². The Balaban J connectivity index is 1.59. The molecule has 0 spiro atoms. The Bertz CT molecular complexity index is 549. The molecule has 5 heteroatoms. The Kier molecular flexibility index (Phi) is 3.57. The maximum Gasteiger partial charge on any atom is 0.242 e. The Morgan fingerprint density at radius 3 is 2.62 bits per heavy atom. The van der Waals surface area contributed by atoms with Gasteiger partial charge in [0.1, 0.15) is 11.8 Å². The second kappa shape index (κ2) is 5.39. The van der Waals surface area contributed by atoms with Crippen molar-refractivity contribution in [3.8, 4) is 5.75 Å². The fraction of sp³-hybridized carbons (Fsp3) is 0.500. The monoisotopic (exact) mass is 288 g/mol. The zero-order valence-electron chi connectivity index (χ0n) is 12.1. The van der Waals surface area contributed by atoms with Crippen LogP contribution in [0.2, 0.25) is 0 Å². The lowest BCUT2D eigenvalue weighted by Gasteiger charge is -2.18. The van der Waals surface area contributed by atoms with Gasteiger partial charge in [0.15, 0.2) is 0 Å². The maximum absolute atomic E-state index is 12.1. The Hall–Kier alpha value is -2.04. The van der Waals surface area contributed by atoms with Crippen LogP contribution in [-0.2, 0) is 15.0 Å². The average Bonchev–Trinajstić information content (AvgIpc) is 3.19. The minimum Gasteiger partial charge on any atom is -0.497 e. The van der Waals surface area contributed by atoms with Crippen LogP contribution in [-0.4, -0.2) is 31.5 Å². The van der Waals surface area contributed by atoms with E-state index in [1.807, 2.05) is 12.1 Å². The molecule has 0 aromatic heterocycles. The number of amides is 2. The summed E-state index contributed by atoms with van der Waals surface area (Å²) in [5, 5.41) is 5.69. The standard InChI is InChI=1S/C16H20N2O3/c1-21-12-4-2-11(3-5-12)16(8-9-16)10-17-15(20)13-6-7-14(19)18-13/h2-5,13H,6-10H2,1H3,(H,17,20)(H,18,19). The molecule has 1 aliphatic heterocycles. The molecular weight excluding hydrogens is 268 g/mol. The highest BCUT2D eigenvalue weighted by molar-refractivity contribution is 5.90. The van der Waals surface area contributed by atoms with Crippen LogP contribution in [0.15, 0.2) is 24.3 Å². The van der Waals surface area contributed by atoms with Gasteiger partial charge in [-0.1, -0.05) is 12.1 Å². The van der Waals surface area contributed by atoms with E-state index in [9.17, 15) is 9.59 Å². The molecule has 2 aliphatic rings. The van der Waals surface area contributed by atoms with E-state index in [0.717, 1.165) is 18.6 Å². The van der Waals surface area contributed by atoms with Crippen molar-refractivity contribution >= 4 is 11.8 Å². The quantitative estimate of drug-likeness (QED) is 0.853. The van der Waals surface area contributed by atoms with Crippen molar-refractivity contribution in [3.63, 3.8) is 0 Å². The van der Waals surface area contributed by atoms with E-state index in [1.165, 1.54) is 5.56 Å². The number of carbonyl (C=O) groups excluding carboxylic acids is 2. The first-order valence-electron chi connectivity index (χ1n) is 7.35. The lowest BCUT2D eigenvalue weighted by atomic mass is 9.95. The summed E-state index contributed by atoms with van der Waals surface area (Å²) >= 11 is 0. The molecule has 1 aromatic carbocycles. The molecule has 2 N–H and O–H groups in total. The van der Waals surface area contributed by atoms with Crippen molar-refractivity contribution in [1.29, 1.82) is 0 Å². The Labute approximate surface area is 124 Å². The van der Waals surface area contributed by atoms with Gasteiger partial charge in [-0.2, -0.15) is 0 Å². The number of ether oxygens (including phenoxy) is 1. The smallest absolute Gasteiger partial charge is 0.242 e. The minimum atomic E-state index is -0.357. The molecule has 1 unspecified atom stereocenters. The summed E-state index contributed by atoms with van der Waals surface area (Å²) in [4.78, 5) is 23.2. The third-order valence-corrected chi connectivity index (χ3v) is 4.47. The van der Waals surface area contributed by atoms with Gasteiger partial charge < -0.3 is 15.4 Å². The van der Waals surface area contributed by atoms with E-state index in [4.69, 9.17) is 4.74 Å². The predicted molar refractivity (Wildman–Crippen MR) is 78.1 cm³/mol. The SMILES string of the molecule is COc1ccc(C2(CNC(=O)C3CCC(=O)N3)CC2)cc1. The van der Waals surface area contributed by atoms with Crippen LogP contribution < -0.4 is 15.4 Å². The molecule has 1 aliphatic carbocycles. The number of nitrogens with one attached hydrogen (secondary N) is 2. The first-order valence-corrected chi connectivity index (χ1v) is 7.35. The molecule has 1 atom stereocenters. The summed E-state index contributed by atoms with van der Waals surface area (Å²) in [6.45, 7) is 0.629. The highest BCUT2D eigenvalue weighted by atomic mass is 16.5. The van der Waals surface area contributed by atoms with Gasteiger partial charge in [0.25, 0.3) is 0 Å². The van der Waals surface area contributed by atoms with Gasteiger partial charge in [0.05, 0.1) is 7.11 Å². The lowest BCUT2D eigenvalue weighted by molar-refractivity contribution is -0.125. The lowest BCUT2D eigenvalue weighted by Crippen LogP contribution is -2.44. The van der Waals surface area contributed by atoms with Crippen molar-refractivity contribution < 1.29 is 14.3 Å². The van der Waals surface area contributed by atoms with Crippen molar-refractivity contribution in [3.05, 3.63) is 29.8 Å². The number of hydrogen-bond donors (Lipinski definition) is 2. The van der Waals surface area contributed by atoms with Crippen LogP contribution in [0.3, 0.4) is 0 Å². The molecule has 0 bridgehead atoms. The largest absolute Gasteiger partial charge is 0.497 e. The normalized spacial score (nSPS) is 22.5. The van der Waals surface area contributed by atoms with Gasteiger partial charge in [-0.25, -0.2) is 0 Å². The average molecular weight is 288 g/mol. The van der Waals surface area contributed by atoms with E-state index >= 15 is 0 Å². The third kappa shape index (κ3) is 2.86. The van der Waals surface area contributed by atoms with Crippen molar-refractivity contribution in [1.82, 2.24) is 10.6 Å². The first kappa shape index (κ1) is 13.9. The van der Waals surface area contributed by atoms with Gasteiger partial charge in [-0.3, -0.25) is 9.59 Å². The van der Waals surface area contributed by atoms with Crippen LogP contribution in [0.4, 0.5) is 0 Å². The van der Waals surface area contributed by atoms with Gasteiger partial charge in [-0.15, -0.1) is 0 Å². The predicted octanol–water partition coefficient (Wildman–Crippen LogP) is 1.12. The molecular formula is C16H20N2O3. The molecule has 1 saturated heterocycles. The summed E-state index contributed by atoms with van der Waals surface area (Å²) in [6.07, 6.45) is 3.20. The minimum absolute atomic E-state index is 0.0357. The topological polar surface area (TPSA) is 67.4 Å². The Morgan fingerprint density at radius 2 is 2.10 bits per heavy atom. The van der Waals surface area contributed by atoms with Gasteiger partial charge in [0, 0.05) is 18.4 Å². The van der Waals surface area contributed by atoms with Gasteiger partial charge >= 0.3 is 0 Å². The van der Waals surface area contributed by atoms with Crippen LogP contribution >= 0.6 is 0 Å². The molecule has 112 valence electrons. The molecule has 1 saturated carbocycles. The second-order valence-electron chi connectivity index (χ2n) is 5.89. The second-order valence-corrected chi connectivity index (χ2v) is 5.89. The number of hydrogen-bond acceptors (Lipinski definition) is 3. The highest BCUT2D eigenvalue weighted by Gasteiger charge is 2.44. The molecule has 0 radical (unpaired) electrons. The summed E-state index contributed by atoms with van der Waals surface area (Å²) < 4.78 is 5.17. The number of methoxy groups -OCH3 is 1.